The first-order chi connectivity index (χ1) is 16.5. The Morgan fingerprint density at radius 1 is 1.03 bits per heavy atom. The van der Waals surface area contributed by atoms with Crippen LogP contribution in [0.5, 0.6) is 11.5 Å². The minimum atomic E-state index is -0.582. The molecule has 182 valence electrons. The van der Waals surface area contributed by atoms with Gasteiger partial charge in [-0.05, 0) is 61.7 Å². The summed E-state index contributed by atoms with van der Waals surface area (Å²) >= 11 is 0. The second kappa shape index (κ2) is 15.1. The molecule has 2 rings (SSSR count). The highest BCUT2D eigenvalue weighted by Gasteiger charge is 2.17. The fourth-order valence-corrected chi connectivity index (χ4v) is 2.93. The number of rotatable bonds is 13. The molecule has 2 N–H and O–H groups in total. The molecule has 0 aliphatic heterocycles. The number of amides is 1. The summed E-state index contributed by atoms with van der Waals surface area (Å²) in [4.78, 5) is 23.9. The van der Waals surface area contributed by atoms with Crippen LogP contribution in [0, 0.1) is 0 Å². The molecule has 0 radical (unpaired) electrons. The van der Waals surface area contributed by atoms with Crippen LogP contribution in [0.3, 0.4) is 0 Å². The lowest BCUT2D eigenvalue weighted by atomic mass is 10.0. The largest absolute Gasteiger partial charge is 0.497 e. The summed E-state index contributed by atoms with van der Waals surface area (Å²) < 4.78 is 21.1. The Hall–Kier alpha value is -3.78. The summed E-state index contributed by atoms with van der Waals surface area (Å²) in [6.07, 6.45) is 6.63. The number of aliphatic hydroxyl groups is 1. The topological polar surface area (TPSA) is 103 Å². The molecule has 0 heterocycles. The van der Waals surface area contributed by atoms with Crippen LogP contribution in [0.1, 0.15) is 31.4 Å². The molecule has 1 amide bonds. The molecule has 0 spiro atoms. The molecule has 0 aliphatic carbocycles. The first-order valence-corrected chi connectivity index (χ1v) is 11.0. The van der Waals surface area contributed by atoms with Crippen molar-refractivity contribution >= 4 is 17.7 Å². The standard InChI is InChI=1S/C26H31NO7/c1-3-32-25(29)9-7-5-4-6-8-24(20-10-14-23(15-11-20)33-19-18-28)34-26(30)27-21-12-16-22(31-2)17-13-21/h4-5,7,9-17,24,28H,3,6,8,18-19H2,1-2H3,(H,27,30)/b5-4+,9-7+/t24-/m0/s1. The van der Waals surface area contributed by atoms with E-state index in [1.807, 2.05) is 18.2 Å². The molecule has 1 atom stereocenters. The fourth-order valence-electron chi connectivity index (χ4n) is 2.93. The normalized spacial score (nSPS) is 11.9. The second-order valence-electron chi connectivity index (χ2n) is 7.01. The molecule has 0 unspecified atom stereocenters. The Balaban J connectivity index is 2.02. The van der Waals surface area contributed by atoms with E-state index in [0.29, 0.717) is 36.6 Å². The van der Waals surface area contributed by atoms with Gasteiger partial charge in [0.05, 0.1) is 20.3 Å². The van der Waals surface area contributed by atoms with Crippen LogP contribution in [0.25, 0.3) is 0 Å². The van der Waals surface area contributed by atoms with Crippen LogP contribution in [-0.4, -0.2) is 44.1 Å². The molecule has 0 fully saturated rings. The van der Waals surface area contributed by atoms with Crippen LogP contribution in [-0.2, 0) is 14.3 Å². The predicted molar refractivity (Wildman–Crippen MR) is 129 cm³/mol. The van der Waals surface area contributed by atoms with Gasteiger partial charge in [-0.2, -0.15) is 0 Å². The van der Waals surface area contributed by atoms with Crippen LogP contribution in [0.2, 0.25) is 0 Å². The third-order valence-corrected chi connectivity index (χ3v) is 4.56. The molecule has 2 aromatic rings. The average Bonchev–Trinajstić information content (AvgIpc) is 2.85. The minimum Gasteiger partial charge on any atom is -0.497 e. The van der Waals surface area contributed by atoms with Gasteiger partial charge in [-0.15, -0.1) is 0 Å². The van der Waals surface area contributed by atoms with Gasteiger partial charge in [0.1, 0.15) is 24.2 Å². The maximum absolute atomic E-state index is 12.5. The number of benzene rings is 2. The van der Waals surface area contributed by atoms with Crippen molar-refractivity contribution in [1.29, 1.82) is 0 Å². The lowest BCUT2D eigenvalue weighted by Gasteiger charge is -2.19. The van der Waals surface area contributed by atoms with Crippen molar-refractivity contribution in [2.45, 2.75) is 25.9 Å². The van der Waals surface area contributed by atoms with Crippen molar-refractivity contribution < 1.29 is 33.6 Å². The summed E-state index contributed by atoms with van der Waals surface area (Å²) in [5.74, 6) is 0.902. The SMILES string of the molecule is CCOC(=O)/C=C/C=C/CC[C@H](OC(=O)Nc1ccc(OC)cc1)c1ccc(OCCO)cc1. The van der Waals surface area contributed by atoms with Crippen molar-refractivity contribution in [3.63, 3.8) is 0 Å². The van der Waals surface area contributed by atoms with Crippen molar-refractivity contribution in [3.8, 4) is 11.5 Å². The number of ether oxygens (including phenoxy) is 4. The third kappa shape index (κ3) is 9.79. The number of hydrogen-bond acceptors (Lipinski definition) is 7. The van der Waals surface area contributed by atoms with Crippen molar-refractivity contribution in [2.24, 2.45) is 0 Å². The van der Waals surface area contributed by atoms with Gasteiger partial charge in [-0.3, -0.25) is 5.32 Å². The Labute approximate surface area is 199 Å². The molecule has 0 aliphatic rings. The number of nitrogens with one attached hydrogen (secondary N) is 1. The Morgan fingerprint density at radius 3 is 2.38 bits per heavy atom. The monoisotopic (exact) mass is 469 g/mol. The van der Waals surface area contributed by atoms with E-state index in [4.69, 9.17) is 24.1 Å². The van der Waals surface area contributed by atoms with Gasteiger partial charge in [0.15, 0.2) is 0 Å². The molecule has 0 saturated heterocycles. The minimum absolute atomic E-state index is 0.0734. The summed E-state index contributed by atoms with van der Waals surface area (Å²) in [6, 6.07) is 14.1. The van der Waals surface area contributed by atoms with Gasteiger partial charge in [-0.25, -0.2) is 9.59 Å². The zero-order valence-corrected chi connectivity index (χ0v) is 19.4. The fraction of sp³-hybridized carbons (Fsp3) is 0.308. The summed E-state index contributed by atoms with van der Waals surface area (Å²) in [5.41, 5.74) is 1.39. The van der Waals surface area contributed by atoms with Crippen LogP contribution in [0.4, 0.5) is 10.5 Å². The van der Waals surface area contributed by atoms with E-state index in [0.717, 1.165) is 5.56 Å². The molecule has 2 aromatic carbocycles. The smallest absolute Gasteiger partial charge is 0.412 e. The van der Waals surface area contributed by atoms with Gasteiger partial charge in [-0.1, -0.05) is 30.4 Å². The molecule has 0 aromatic heterocycles. The van der Waals surface area contributed by atoms with Crippen LogP contribution >= 0.6 is 0 Å². The van der Waals surface area contributed by atoms with Crippen molar-refractivity contribution in [1.82, 2.24) is 0 Å². The van der Waals surface area contributed by atoms with Crippen LogP contribution < -0.4 is 14.8 Å². The first-order valence-electron chi connectivity index (χ1n) is 11.0. The first kappa shape index (κ1) is 26.5. The zero-order valence-electron chi connectivity index (χ0n) is 19.4. The zero-order chi connectivity index (χ0) is 24.6. The molecule has 34 heavy (non-hydrogen) atoms. The maximum Gasteiger partial charge on any atom is 0.412 e. The number of hydrogen-bond donors (Lipinski definition) is 2. The van der Waals surface area contributed by atoms with Crippen LogP contribution in [0.15, 0.2) is 72.8 Å². The molecule has 8 nitrogen and oxygen atoms in total. The van der Waals surface area contributed by atoms with E-state index in [2.05, 4.69) is 5.32 Å². The van der Waals surface area contributed by atoms with E-state index in [-0.39, 0.29) is 13.2 Å². The number of carbonyl (C=O) groups is 2. The Morgan fingerprint density at radius 2 is 1.74 bits per heavy atom. The second-order valence-corrected chi connectivity index (χ2v) is 7.01. The predicted octanol–water partition coefficient (Wildman–Crippen LogP) is 4.81. The number of carbonyl (C=O) groups excluding carboxylic acids is 2. The average molecular weight is 470 g/mol. The van der Waals surface area contributed by atoms with E-state index >= 15 is 0 Å². The lowest BCUT2D eigenvalue weighted by Crippen LogP contribution is -2.17. The number of allylic oxidation sites excluding steroid dienone is 3. The maximum atomic E-state index is 12.5. The van der Waals surface area contributed by atoms with Gasteiger partial charge >= 0.3 is 12.1 Å². The molecular weight excluding hydrogens is 438 g/mol. The van der Waals surface area contributed by atoms with E-state index in [1.54, 1.807) is 62.6 Å². The lowest BCUT2D eigenvalue weighted by molar-refractivity contribution is -0.137. The quantitative estimate of drug-likeness (QED) is 0.246. The highest BCUT2D eigenvalue weighted by atomic mass is 16.6. The van der Waals surface area contributed by atoms with E-state index in [9.17, 15) is 9.59 Å². The van der Waals surface area contributed by atoms with Crippen molar-refractivity contribution in [2.75, 3.05) is 32.2 Å². The summed E-state index contributed by atoms with van der Waals surface area (Å²) in [5, 5.41) is 11.6. The molecule has 8 heteroatoms. The Bertz CT molecular complexity index is 937. The summed E-state index contributed by atoms with van der Waals surface area (Å²) in [7, 11) is 1.57. The number of aliphatic hydroxyl groups excluding tert-OH is 1. The van der Waals surface area contributed by atoms with E-state index in [1.165, 1.54) is 6.08 Å². The Kier molecular flexibility index (Phi) is 11.8. The number of anilines is 1. The number of esters is 1. The number of methoxy groups -OCH3 is 1. The van der Waals surface area contributed by atoms with Gasteiger partial charge in [0, 0.05) is 11.8 Å². The highest BCUT2D eigenvalue weighted by Crippen LogP contribution is 2.26. The highest BCUT2D eigenvalue weighted by molar-refractivity contribution is 5.84. The van der Waals surface area contributed by atoms with Gasteiger partial charge in [0.25, 0.3) is 0 Å². The van der Waals surface area contributed by atoms with Gasteiger partial charge < -0.3 is 24.1 Å². The van der Waals surface area contributed by atoms with E-state index < -0.39 is 18.2 Å². The third-order valence-electron chi connectivity index (χ3n) is 4.56. The van der Waals surface area contributed by atoms with Gasteiger partial charge in [0.2, 0.25) is 0 Å². The molecular formula is C26H31NO7. The molecule has 0 saturated carbocycles. The van der Waals surface area contributed by atoms with Crippen molar-refractivity contribution in [3.05, 3.63) is 78.4 Å². The summed E-state index contributed by atoms with van der Waals surface area (Å²) in [6.45, 7) is 2.20. The molecule has 0 bridgehead atoms.